The van der Waals surface area contributed by atoms with E-state index < -0.39 is 5.69 Å². The zero-order valence-electron chi connectivity index (χ0n) is 5.54. The third kappa shape index (κ3) is 2.04. The number of aromatic amines is 1. The molecule has 5 heteroatoms. The summed E-state index contributed by atoms with van der Waals surface area (Å²) in [6.07, 6.45) is 3.20. The Morgan fingerprint density at radius 3 is 3.00 bits per heavy atom. The highest BCUT2D eigenvalue weighted by molar-refractivity contribution is 14.1. The van der Waals surface area contributed by atoms with E-state index in [4.69, 9.17) is 5.73 Å². The monoisotopic (exact) mass is 263 g/mol. The quantitative estimate of drug-likeness (QED) is 0.734. The number of halogens is 1. The molecule has 0 aliphatic heterocycles. The van der Waals surface area contributed by atoms with Crippen LogP contribution in [-0.2, 0) is 0 Å². The molecule has 0 aliphatic carbocycles. The molecule has 58 valence electrons. The molecule has 0 atom stereocenters. The van der Waals surface area contributed by atoms with Crippen LogP contribution >= 0.6 is 22.6 Å². The second-order valence-electron chi connectivity index (χ2n) is 1.85. The molecule has 0 aromatic carbocycles. The minimum absolute atomic E-state index is 0.345. The lowest BCUT2D eigenvalue weighted by atomic mass is 10.3. The van der Waals surface area contributed by atoms with E-state index in [9.17, 15) is 4.79 Å². The van der Waals surface area contributed by atoms with Gasteiger partial charge < -0.3 is 5.73 Å². The van der Waals surface area contributed by atoms with Gasteiger partial charge in [-0.3, -0.25) is 4.98 Å². The van der Waals surface area contributed by atoms with Crippen LogP contribution in [0, 0.1) is 0 Å². The Balaban J connectivity index is 3.19. The number of hydrogen-bond acceptors (Lipinski definition) is 3. The first-order valence-corrected chi connectivity index (χ1v) is 4.10. The fraction of sp³-hybridized carbons (Fsp3) is 0. The van der Waals surface area contributed by atoms with Gasteiger partial charge in [-0.25, -0.2) is 9.78 Å². The van der Waals surface area contributed by atoms with Gasteiger partial charge in [0.05, 0.1) is 0 Å². The molecule has 1 rings (SSSR count). The lowest BCUT2D eigenvalue weighted by Crippen LogP contribution is -2.12. The average Bonchev–Trinajstić information content (AvgIpc) is 1.95. The highest BCUT2D eigenvalue weighted by atomic mass is 127. The van der Waals surface area contributed by atoms with Crippen molar-refractivity contribution in [3.63, 3.8) is 0 Å². The van der Waals surface area contributed by atoms with Crippen LogP contribution in [0.4, 0.5) is 5.82 Å². The molecule has 3 N–H and O–H groups in total. The van der Waals surface area contributed by atoms with Crippen LogP contribution in [0.2, 0.25) is 0 Å². The predicted octanol–water partition coefficient (Wildman–Crippen LogP) is 0.758. The Bertz CT molecular complexity index is 331. The molecule has 0 unspecified atom stereocenters. The van der Waals surface area contributed by atoms with Gasteiger partial charge in [-0.1, -0.05) is 22.6 Å². The van der Waals surface area contributed by atoms with Gasteiger partial charge in [0.25, 0.3) is 0 Å². The topological polar surface area (TPSA) is 71.8 Å². The molecule has 0 amide bonds. The molecule has 1 heterocycles. The molecular formula is C6H6IN3O. The molecule has 0 saturated carbocycles. The van der Waals surface area contributed by atoms with E-state index in [0.29, 0.717) is 5.82 Å². The van der Waals surface area contributed by atoms with Gasteiger partial charge in [0, 0.05) is 11.8 Å². The van der Waals surface area contributed by atoms with Gasteiger partial charge in [-0.2, -0.15) is 0 Å². The molecule has 0 fully saturated rings. The van der Waals surface area contributed by atoms with Crippen molar-refractivity contribution >= 4 is 34.5 Å². The van der Waals surface area contributed by atoms with Crippen molar-refractivity contribution in [3.05, 3.63) is 26.3 Å². The normalized spacial score (nSPS) is 10.6. The van der Waals surface area contributed by atoms with E-state index in [1.54, 1.807) is 10.2 Å². The summed E-state index contributed by atoms with van der Waals surface area (Å²) in [6, 6.07) is 0. The highest BCUT2D eigenvalue weighted by Crippen LogP contribution is 2.06. The van der Waals surface area contributed by atoms with Crippen molar-refractivity contribution in [2.24, 2.45) is 0 Å². The maximum absolute atomic E-state index is 10.6. The number of H-pyrrole nitrogens is 1. The minimum Gasteiger partial charge on any atom is -0.385 e. The molecular weight excluding hydrogens is 257 g/mol. The predicted molar refractivity (Wildman–Crippen MR) is 52.3 cm³/mol. The summed E-state index contributed by atoms with van der Waals surface area (Å²) in [5.74, 6) is 0.345. The Morgan fingerprint density at radius 1 is 1.73 bits per heavy atom. The Hall–Kier alpha value is -0.850. The Morgan fingerprint density at radius 2 is 2.45 bits per heavy atom. The van der Waals surface area contributed by atoms with Crippen LogP contribution in [0.15, 0.2) is 15.1 Å². The van der Waals surface area contributed by atoms with Gasteiger partial charge in [0.15, 0.2) is 0 Å². The first-order valence-electron chi connectivity index (χ1n) is 2.85. The summed E-state index contributed by atoms with van der Waals surface area (Å²) in [5, 5.41) is 0. The molecule has 11 heavy (non-hydrogen) atoms. The van der Waals surface area contributed by atoms with E-state index in [0.717, 1.165) is 5.56 Å². The van der Waals surface area contributed by atoms with E-state index >= 15 is 0 Å². The summed E-state index contributed by atoms with van der Waals surface area (Å²) in [6.45, 7) is 0. The SMILES string of the molecule is Nc1[nH]c(=O)ncc1/C=C/I. The lowest BCUT2D eigenvalue weighted by Gasteiger charge is -1.95. The second kappa shape index (κ2) is 3.51. The third-order valence-corrected chi connectivity index (χ3v) is 1.48. The number of rotatable bonds is 1. The summed E-state index contributed by atoms with van der Waals surface area (Å²) < 4.78 is 1.80. The zero-order chi connectivity index (χ0) is 8.27. The van der Waals surface area contributed by atoms with E-state index in [-0.39, 0.29) is 0 Å². The smallest absolute Gasteiger partial charge is 0.346 e. The second-order valence-corrected chi connectivity index (χ2v) is 2.57. The summed E-state index contributed by atoms with van der Waals surface area (Å²) in [5.41, 5.74) is 5.76. The van der Waals surface area contributed by atoms with E-state index in [1.165, 1.54) is 6.20 Å². The summed E-state index contributed by atoms with van der Waals surface area (Å²) in [4.78, 5) is 16.5. The van der Waals surface area contributed by atoms with Crippen molar-refractivity contribution in [1.82, 2.24) is 9.97 Å². The third-order valence-electron chi connectivity index (χ3n) is 1.12. The molecule has 0 radical (unpaired) electrons. The van der Waals surface area contributed by atoms with Gasteiger partial charge >= 0.3 is 5.69 Å². The average molecular weight is 263 g/mol. The van der Waals surface area contributed by atoms with Crippen molar-refractivity contribution in [1.29, 1.82) is 0 Å². The molecule has 1 aromatic rings. The maximum Gasteiger partial charge on any atom is 0.346 e. The van der Waals surface area contributed by atoms with Crippen LogP contribution in [0.1, 0.15) is 5.56 Å². The van der Waals surface area contributed by atoms with Crippen LogP contribution in [-0.4, -0.2) is 9.97 Å². The summed E-state index contributed by atoms with van der Waals surface area (Å²) in [7, 11) is 0. The fourth-order valence-electron chi connectivity index (χ4n) is 0.618. The van der Waals surface area contributed by atoms with Crippen LogP contribution in [0.5, 0.6) is 0 Å². The van der Waals surface area contributed by atoms with Crippen LogP contribution in [0.3, 0.4) is 0 Å². The van der Waals surface area contributed by atoms with Crippen molar-refractivity contribution < 1.29 is 0 Å². The first-order chi connectivity index (χ1) is 5.24. The number of anilines is 1. The largest absolute Gasteiger partial charge is 0.385 e. The number of hydrogen-bond donors (Lipinski definition) is 2. The molecule has 0 spiro atoms. The lowest BCUT2D eigenvalue weighted by molar-refractivity contribution is 1.08. The number of nitrogens with one attached hydrogen (secondary N) is 1. The van der Waals surface area contributed by atoms with Gasteiger partial charge in [0.2, 0.25) is 0 Å². The fourth-order valence-corrected chi connectivity index (χ4v) is 1.01. The molecule has 0 bridgehead atoms. The van der Waals surface area contributed by atoms with Crippen molar-refractivity contribution in [3.8, 4) is 0 Å². The maximum atomic E-state index is 10.6. The van der Waals surface area contributed by atoms with Crippen LogP contribution in [0.25, 0.3) is 6.08 Å². The number of nitrogens with two attached hydrogens (primary N) is 1. The Kier molecular flexibility index (Phi) is 2.64. The Labute approximate surface area is 76.7 Å². The molecule has 0 aliphatic rings. The molecule has 1 aromatic heterocycles. The molecule has 0 saturated heterocycles. The summed E-state index contributed by atoms with van der Waals surface area (Å²) >= 11 is 2.06. The minimum atomic E-state index is -0.423. The number of aromatic nitrogens is 2. The first kappa shape index (κ1) is 8.25. The zero-order valence-corrected chi connectivity index (χ0v) is 7.70. The van der Waals surface area contributed by atoms with Crippen molar-refractivity contribution in [2.45, 2.75) is 0 Å². The number of nitrogen functional groups attached to an aromatic ring is 1. The van der Waals surface area contributed by atoms with Crippen molar-refractivity contribution in [2.75, 3.05) is 5.73 Å². The van der Waals surface area contributed by atoms with Gasteiger partial charge in [-0.05, 0) is 10.2 Å². The number of nitrogens with zero attached hydrogens (tertiary/aromatic N) is 1. The molecule has 4 nitrogen and oxygen atoms in total. The van der Waals surface area contributed by atoms with E-state index in [1.807, 2.05) is 0 Å². The van der Waals surface area contributed by atoms with Gasteiger partial charge in [0.1, 0.15) is 5.82 Å². The van der Waals surface area contributed by atoms with Crippen LogP contribution < -0.4 is 11.4 Å². The van der Waals surface area contributed by atoms with Gasteiger partial charge in [-0.15, -0.1) is 0 Å². The highest BCUT2D eigenvalue weighted by Gasteiger charge is 1.94. The van der Waals surface area contributed by atoms with E-state index in [2.05, 4.69) is 32.6 Å². The standard InChI is InChI=1S/C6H6IN3O/c7-2-1-4-3-9-6(11)10-5(4)8/h1-3H,(H3,8,9,10,11)/b2-1+.